The largest absolute Gasteiger partial charge is 0.348 e. The number of nitrogens with zero attached hydrogens (tertiary/aromatic N) is 4. The van der Waals surface area contributed by atoms with Crippen molar-refractivity contribution in [2.24, 2.45) is 4.99 Å². The van der Waals surface area contributed by atoms with Crippen molar-refractivity contribution in [1.29, 1.82) is 5.26 Å². The molecule has 1 rings (SSSR count). The quantitative estimate of drug-likeness (QED) is 0.294. The molecule has 0 aliphatic carbocycles. The Labute approximate surface area is 148 Å². The summed E-state index contributed by atoms with van der Waals surface area (Å²) in [6.45, 7) is 9.24. The Morgan fingerprint density at radius 1 is 1.13 bits per heavy atom. The minimum absolute atomic E-state index is 0.813. The average molecular weight is 351 g/mol. The maximum atomic E-state index is 8.90. The van der Waals surface area contributed by atoms with Crippen molar-refractivity contribution in [2.75, 3.05) is 44.7 Å². The van der Waals surface area contributed by atoms with E-state index in [-0.39, 0.29) is 0 Å². The molecule has 0 amide bonds. The minimum atomic E-state index is 0.813. The summed E-state index contributed by atoms with van der Waals surface area (Å²) in [6, 6.07) is 10.4. The molecule has 0 saturated heterocycles. The van der Waals surface area contributed by atoms with Crippen LogP contribution in [0.2, 0.25) is 0 Å². The minimum Gasteiger partial charge on any atom is -0.348 e. The van der Waals surface area contributed by atoms with E-state index in [9.17, 15) is 0 Å². The molecule has 0 aromatic heterocycles. The summed E-state index contributed by atoms with van der Waals surface area (Å²) in [4.78, 5) is 9.87. The van der Waals surface area contributed by atoms with Gasteiger partial charge in [-0.2, -0.15) is 5.26 Å². The second kappa shape index (κ2) is 12.3. The number of amidine groups is 1. The molecule has 126 valence electrons. The standard InChI is InChI=1S/C17H26N4S2/c1-4-20(5-2)11-12-21(17(22-3)19-15-18)13-14-23-16-9-7-6-8-10-16/h6-10H,4-5,11-14H2,1-3H3. The van der Waals surface area contributed by atoms with E-state index in [0.717, 1.165) is 43.6 Å². The average Bonchev–Trinajstić information content (AvgIpc) is 2.60. The van der Waals surface area contributed by atoms with E-state index < -0.39 is 0 Å². The van der Waals surface area contributed by atoms with Gasteiger partial charge in [-0.3, -0.25) is 0 Å². The molecule has 0 saturated carbocycles. The van der Waals surface area contributed by atoms with Crippen LogP contribution in [0.25, 0.3) is 0 Å². The van der Waals surface area contributed by atoms with Gasteiger partial charge in [-0.15, -0.1) is 16.8 Å². The topological polar surface area (TPSA) is 42.6 Å². The second-order valence-electron chi connectivity index (χ2n) is 4.87. The van der Waals surface area contributed by atoms with Gasteiger partial charge >= 0.3 is 0 Å². The molecule has 0 unspecified atom stereocenters. The van der Waals surface area contributed by atoms with Gasteiger partial charge in [0.25, 0.3) is 0 Å². The molecule has 0 spiro atoms. The molecule has 0 aliphatic heterocycles. The van der Waals surface area contributed by atoms with Gasteiger partial charge < -0.3 is 9.80 Å². The van der Waals surface area contributed by atoms with E-state index in [4.69, 9.17) is 5.26 Å². The molecule has 0 bridgehead atoms. The number of rotatable bonds is 9. The second-order valence-corrected chi connectivity index (χ2v) is 6.82. The summed E-state index contributed by atoms with van der Waals surface area (Å²) in [5, 5.41) is 9.71. The predicted octanol–water partition coefficient (Wildman–Crippen LogP) is 3.62. The van der Waals surface area contributed by atoms with Gasteiger partial charge in [-0.05, 0) is 31.5 Å². The van der Waals surface area contributed by atoms with Crippen molar-refractivity contribution in [1.82, 2.24) is 9.80 Å². The van der Waals surface area contributed by atoms with Crippen molar-refractivity contribution in [2.45, 2.75) is 18.7 Å². The Morgan fingerprint density at radius 2 is 1.83 bits per heavy atom. The molecule has 23 heavy (non-hydrogen) atoms. The molecule has 1 aromatic carbocycles. The fourth-order valence-corrected chi connectivity index (χ4v) is 3.65. The van der Waals surface area contributed by atoms with Crippen molar-refractivity contribution in [3.05, 3.63) is 30.3 Å². The molecule has 4 nitrogen and oxygen atoms in total. The van der Waals surface area contributed by atoms with Crippen LogP contribution < -0.4 is 0 Å². The first-order chi connectivity index (χ1) is 11.2. The predicted molar refractivity (Wildman–Crippen MR) is 103 cm³/mol. The number of hydrogen-bond donors (Lipinski definition) is 0. The Balaban J connectivity index is 2.59. The van der Waals surface area contributed by atoms with Crippen molar-refractivity contribution in [3.63, 3.8) is 0 Å². The molecular formula is C17H26N4S2. The zero-order valence-electron chi connectivity index (χ0n) is 14.2. The highest BCUT2D eigenvalue weighted by Crippen LogP contribution is 2.17. The molecule has 0 atom stereocenters. The summed E-state index contributed by atoms with van der Waals surface area (Å²) >= 11 is 3.38. The maximum Gasteiger partial charge on any atom is 0.208 e. The summed E-state index contributed by atoms with van der Waals surface area (Å²) in [7, 11) is 0. The van der Waals surface area contributed by atoms with Gasteiger partial charge in [0, 0.05) is 30.3 Å². The molecular weight excluding hydrogens is 324 g/mol. The third kappa shape index (κ3) is 7.78. The first kappa shape index (κ1) is 19.9. The first-order valence-corrected chi connectivity index (χ1v) is 10.1. The van der Waals surface area contributed by atoms with E-state index in [1.165, 1.54) is 4.90 Å². The van der Waals surface area contributed by atoms with Gasteiger partial charge in [-0.1, -0.05) is 43.8 Å². The number of aliphatic imine (C=N–C) groups is 1. The highest BCUT2D eigenvalue weighted by atomic mass is 32.2. The SMILES string of the molecule is CCN(CC)CCN(CCSc1ccccc1)C(=NC#N)SC. The van der Waals surface area contributed by atoms with Gasteiger partial charge in [-0.25, -0.2) is 0 Å². The molecule has 6 heteroatoms. The van der Waals surface area contributed by atoms with E-state index in [1.54, 1.807) is 11.8 Å². The van der Waals surface area contributed by atoms with Crippen molar-refractivity contribution >= 4 is 28.7 Å². The van der Waals surface area contributed by atoms with Gasteiger partial charge in [0.05, 0.1) is 0 Å². The van der Waals surface area contributed by atoms with Crippen LogP contribution in [0.15, 0.2) is 40.2 Å². The van der Waals surface area contributed by atoms with Gasteiger partial charge in [0.2, 0.25) is 6.19 Å². The number of hydrogen-bond acceptors (Lipinski definition) is 5. The smallest absolute Gasteiger partial charge is 0.208 e. The van der Waals surface area contributed by atoms with Gasteiger partial charge in [0.1, 0.15) is 0 Å². The number of benzene rings is 1. The fourth-order valence-electron chi connectivity index (χ4n) is 2.18. The fraction of sp³-hybridized carbons (Fsp3) is 0.529. The summed E-state index contributed by atoms with van der Waals surface area (Å²) in [6.07, 6.45) is 3.91. The van der Waals surface area contributed by atoms with E-state index >= 15 is 0 Å². The van der Waals surface area contributed by atoms with Gasteiger partial charge in [0.15, 0.2) is 5.17 Å². The van der Waals surface area contributed by atoms with E-state index in [0.29, 0.717) is 0 Å². The number of thioether (sulfide) groups is 2. The lowest BCUT2D eigenvalue weighted by atomic mass is 10.4. The summed E-state index contributed by atoms with van der Waals surface area (Å²) in [5.74, 6) is 0.979. The third-order valence-corrected chi connectivity index (χ3v) is 5.26. The van der Waals surface area contributed by atoms with Crippen LogP contribution in [-0.4, -0.2) is 59.7 Å². The van der Waals surface area contributed by atoms with Crippen LogP contribution in [0, 0.1) is 11.5 Å². The molecule has 1 aromatic rings. The van der Waals surface area contributed by atoms with Crippen LogP contribution in [0.5, 0.6) is 0 Å². The molecule has 0 N–H and O–H groups in total. The molecule has 0 fully saturated rings. The van der Waals surface area contributed by atoms with E-state index in [1.807, 2.05) is 30.3 Å². The zero-order chi connectivity index (χ0) is 16.9. The maximum absolute atomic E-state index is 8.90. The first-order valence-electron chi connectivity index (χ1n) is 7.91. The Kier molecular flexibility index (Phi) is 10.6. The number of nitriles is 1. The van der Waals surface area contributed by atoms with Crippen LogP contribution >= 0.6 is 23.5 Å². The monoisotopic (exact) mass is 350 g/mol. The van der Waals surface area contributed by atoms with Crippen LogP contribution in [0.3, 0.4) is 0 Å². The normalized spacial score (nSPS) is 11.5. The Hall–Kier alpha value is -1.16. The summed E-state index contributed by atoms with van der Waals surface area (Å²) in [5.41, 5.74) is 0. The van der Waals surface area contributed by atoms with Crippen LogP contribution in [-0.2, 0) is 0 Å². The lowest BCUT2D eigenvalue weighted by Gasteiger charge is -2.27. The molecule has 0 radical (unpaired) electrons. The highest BCUT2D eigenvalue weighted by molar-refractivity contribution is 8.13. The Bertz CT molecular complexity index is 495. The van der Waals surface area contributed by atoms with E-state index in [2.05, 4.69) is 52.9 Å². The van der Waals surface area contributed by atoms with Crippen LogP contribution in [0.1, 0.15) is 13.8 Å². The third-order valence-electron chi connectivity index (χ3n) is 3.55. The lowest BCUT2D eigenvalue weighted by Crippen LogP contribution is -2.38. The number of likely N-dealkylation sites (N-methyl/N-ethyl adjacent to an activating group) is 1. The summed E-state index contributed by atoms with van der Waals surface area (Å²) < 4.78 is 0. The lowest BCUT2D eigenvalue weighted by molar-refractivity contribution is 0.273. The molecule has 0 aliphatic rings. The molecule has 0 heterocycles. The highest BCUT2D eigenvalue weighted by Gasteiger charge is 2.12. The zero-order valence-corrected chi connectivity index (χ0v) is 15.9. The Morgan fingerprint density at radius 3 is 2.39 bits per heavy atom. The van der Waals surface area contributed by atoms with Crippen molar-refractivity contribution < 1.29 is 0 Å². The van der Waals surface area contributed by atoms with Crippen molar-refractivity contribution in [3.8, 4) is 6.19 Å². The van der Waals surface area contributed by atoms with Crippen LogP contribution in [0.4, 0.5) is 0 Å².